The van der Waals surface area contributed by atoms with Crippen LogP contribution in [-0.2, 0) is 14.3 Å². The molecule has 1 aromatic rings. The van der Waals surface area contributed by atoms with Crippen molar-refractivity contribution in [3.05, 3.63) is 35.4 Å². The van der Waals surface area contributed by atoms with Crippen molar-refractivity contribution in [1.29, 1.82) is 0 Å². The first-order valence-electron chi connectivity index (χ1n) is 13.9. The smallest absolute Gasteiger partial charge is 0.408 e. The third kappa shape index (κ3) is 10.4. The highest BCUT2D eigenvalue weighted by Crippen LogP contribution is 2.30. The maximum atomic E-state index is 14.3. The molecule has 0 aliphatic carbocycles. The molecule has 0 aliphatic heterocycles. The molecule has 0 fully saturated rings. The number of amides is 3. The molecule has 0 spiro atoms. The zero-order chi connectivity index (χ0) is 29.0. The highest BCUT2D eigenvalue weighted by atomic mass is 16.6. The van der Waals surface area contributed by atoms with Crippen LogP contribution in [0.3, 0.4) is 0 Å². The van der Waals surface area contributed by atoms with Crippen molar-refractivity contribution in [2.24, 2.45) is 11.8 Å². The summed E-state index contributed by atoms with van der Waals surface area (Å²) in [5.74, 6) is 2.23. The molecule has 212 valence electrons. The Bertz CT molecular complexity index is 959. The average molecular weight is 528 g/mol. The molecule has 0 heterocycles. The Labute approximate surface area is 230 Å². The van der Waals surface area contributed by atoms with E-state index in [-0.39, 0.29) is 23.8 Å². The maximum absolute atomic E-state index is 14.3. The van der Waals surface area contributed by atoms with E-state index in [9.17, 15) is 14.4 Å². The van der Waals surface area contributed by atoms with Gasteiger partial charge >= 0.3 is 6.09 Å². The van der Waals surface area contributed by atoms with Crippen LogP contribution in [-0.4, -0.2) is 47.0 Å². The third-order valence-electron chi connectivity index (χ3n) is 6.26. The van der Waals surface area contributed by atoms with E-state index in [0.717, 1.165) is 19.3 Å². The molecule has 38 heavy (non-hydrogen) atoms. The molecule has 0 saturated carbocycles. The van der Waals surface area contributed by atoms with Gasteiger partial charge in [-0.3, -0.25) is 9.59 Å². The van der Waals surface area contributed by atoms with Gasteiger partial charge < -0.3 is 20.3 Å². The number of benzene rings is 1. The minimum Gasteiger partial charge on any atom is -0.444 e. The van der Waals surface area contributed by atoms with Crippen LogP contribution >= 0.6 is 0 Å². The molecule has 1 aromatic carbocycles. The Kier molecular flexibility index (Phi) is 13.4. The lowest BCUT2D eigenvalue weighted by Crippen LogP contribution is -2.57. The van der Waals surface area contributed by atoms with Gasteiger partial charge in [0.25, 0.3) is 0 Å². The Hall–Kier alpha value is -3.01. The number of nitrogens with zero attached hydrogens (tertiary/aromatic N) is 1. The van der Waals surface area contributed by atoms with E-state index in [1.807, 2.05) is 32.9 Å². The Balaban J connectivity index is 3.65. The second kappa shape index (κ2) is 15.4. The Morgan fingerprint density at radius 1 is 1.05 bits per heavy atom. The second-order valence-corrected chi connectivity index (χ2v) is 11.7. The van der Waals surface area contributed by atoms with Gasteiger partial charge in [-0.25, -0.2) is 4.79 Å². The summed E-state index contributed by atoms with van der Waals surface area (Å²) in [6.07, 6.45) is 8.47. The van der Waals surface area contributed by atoms with Gasteiger partial charge in [-0.15, -0.1) is 6.42 Å². The summed E-state index contributed by atoms with van der Waals surface area (Å²) < 4.78 is 5.46. The van der Waals surface area contributed by atoms with Gasteiger partial charge in [0.2, 0.25) is 11.8 Å². The molecule has 0 aliphatic rings. The van der Waals surface area contributed by atoms with Crippen LogP contribution in [0.4, 0.5) is 4.79 Å². The van der Waals surface area contributed by atoms with Crippen LogP contribution in [0.1, 0.15) is 105 Å². The zero-order valence-electron chi connectivity index (χ0n) is 24.9. The number of carbonyl (C=O) groups is 3. The highest BCUT2D eigenvalue weighted by Gasteiger charge is 2.40. The summed E-state index contributed by atoms with van der Waals surface area (Å²) in [5.41, 5.74) is 0.429. The van der Waals surface area contributed by atoms with Crippen molar-refractivity contribution in [2.75, 3.05) is 6.54 Å². The second-order valence-electron chi connectivity index (χ2n) is 11.7. The molecule has 0 aromatic heterocycles. The number of nitrogens with one attached hydrogen (secondary N) is 2. The first-order valence-corrected chi connectivity index (χ1v) is 13.9. The first kappa shape index (κ1) is 33.0. The van der Waals surface area contributed by atoms with Gasteiger partial charge in [0.15, 0.2) is 0 Å². The van der Waals surface area contributed by atoms with Crippen LogP contribution in [0.25, 0.3) is 0 Å². The van der Waals surface area contributed by atoms with Gasteiger partial charge in [-0.05, 0) is 70.4 Å². The van der Waals surface area contributed by atoms with E-state index < -0.39 is 23.8 Å². The van der Waals surface area contributed by atoms with Crippen molar-refractivity contribution in [3.8, 4) is 12.3 Å². The quantitative estimate of drug-likeness (QED) is 0.250. The summed E-state index contributed by atoms with van der Waals surface area (Å²) in [4.78, 5) is 42.5. The molecular formula is C31H49N3O4. The normalized spacial score (nSPS) is 13.8. The summed E-state index contributed by atoms with van der Waals surface area (Å²) in [6, 6.07) is 5.09. The molecule has 7 nitrogen and oxygen atoms in total. The predicted octanol–water partition coefficient (Wildman–Crippen LogP) is 5.83. The van der Waals surface area contributed by atoms with Crippen molar-refractivity contribution in [3.63, 3.8) is 0 Å². The number of alkyl carbamates (subject to hydrolysis) is 1. The minimum absolute atomic E-state index is 0.249. The molecule has 2 N–H and O–H groups in total. The van der Waals surface area contributed by atoms with Crippen molar-refractivity contribution < 1.29 is 19.1 Å². The van der Waals surface area contributed by atoms with E-state index in [2.05, 4.69) is 37.3 Å². The number of hydrogen-bond acceptors (Lipinski definition) is 4. The van der Waals surface area contributed by atoms with Crippen molar-refractivity contribution in [2.45, 2.75) is 112 Å². The summed E-state index contributed by atoms with van der Waals surface area (Å²) >= 11 is 0. The van der Waals surface area contributed by atoms with E-state index in [1.54, 1.807) is 37.8 Å². The summed E-state index contributed by atoms with van der Waals surface area (Å²) in [7, 11) is 0. The molecule has 3 amide bonds. The fourth-order valence-electron chi connectivity index (χ4n) is 4.19. The number of ether oxygens (including phenoxy) is 1. The standard InChI is InChI=1S/C31H49N3O4/c1-11-13-20-32-28(35)27(25-17-15-14-16-24(25)12-2)34(23(7)19-18-21(3)4)29(36)26(22(5)6)33-30(37)38-31(8,9)10/h2,14-17,21-23,26-27H,11,13,18-20H2,1,3-10H3,(H,32,35)(H,33,37). The van der Waals surface area contributed by atoms with Gasteiger partial charge in [-0.1, -0.05) is 65.2 Å². The van der Waals surface area contributed by atoms with Crippen LogP contribution < -0.4 is 10.6 Å². The number of carbonyl (C=O) groups excluding carboxylic acids is 3. The fourth-order valence-corrected chi connectivity index (χ4v) is 4.19. The predicted molar refractivity (Wildman–Crippen MR) is 153 cm³/mol. The van der Waals surface area contributed by atoms with Gasteiger partial charge in [-0.2, -0.15) is 0 Å². The lowest BCUT2D eigenvalue weighted by Gasteiger charge is -2.40. The van der Waals surface area contributed by atoms with Gasteiger partial charge in [0, 0.05) is 18.2 Å². The zero-order valence-corrected chi connectivity index (χ0v) is 24.9. The van der Waals surface area contributed by atoms with Crippen molar-refractivity contribution in [1.82, 2.24) is 15.5 Å². The van der Waals surface area contributed by atoms with Gasteiger partial charge in [0.1, 0.15) is 17.7 Å². The third-order valence-corrected chi connectivity index (χ3v) is 6.26. The first-order chi connectivity index (χ1) is 17.7. The topological polar surface area (TPSA) is 87.7 Å². The number of hydrogen-bond donors (Lipinski definition) is 2. The van der Waals surface area contributed by atoms with Crippen LogP contribution in [0.15, 0.2) is 24.3 Å². The van der Waals surface area contributed by atoms with E-state index in [0.29, 0.717) is 30.0 Å². The molecule has 3 unspecified atom stereocenters. The summed E-state index contributed by atoms with van der Waals surface area (Å²) in [6.45, 7) is 17.8. The molecule has 7 heteroatoms. The number of unbranched alkanes of at least 4 members (excludes halogenated alkanes) is 1. The molecule has 1 rings (SSSR count). The van der Waals surface area contributed by atoms with Crippen LogP contribution in [0, 0.1) is 24.2 Å². The monoisotopic (exact) mass is 527 g/mol. The van der Waals surface area contributed by atoms with Crippen molar-refractivity contribution >= 4 is 17.9 Å². The molecule has 0 bridgehead atoms. The van der Waals surface area contributed by atoms with Gasteiger partial charge in [0.05, 0.1) is 0 Å². The molecular weight excluding hydrogens is 478 g/mol. The van der Waals surface area contributed by atoms with E-state index in [4.69, 9.17) is 11.2 Å². The highest BCUT2D eigenvalue weighted by molar-refractivity contribution is 5.93. The largest absolute Gasteiger partial charge is 0.444 e. The number of rotatable bonds is 13. The average Bonchev–Trinajstić information content (AvgIpc) is 2.82. The summed E-state index contributed by atoms with van der Waals surface area (Å²) in [5, 5.41) is 5.79. The fraction of sp³-hybridized carbons (Fsp3) is 0.645. The SMILES string of the molecule is C#Cc1ccccc1C(C(=O)NCCCC)N(C(=O)C(NC(=O)OC(C)(C)C)C(C)C)C(C)CCC(C)C. The number of terminal acetylenes is 1. The lowest BCUT2D eigenvalue weighted by molar-refractivity contribution is -0.146. The molecule has 0 saturated heterocycles. The molecule has 0 radical (unpaired) electrons. The Morgan fingerprint density at radius 2 is 1.68 bits per heavy atom. The van der Waals surface area contributed by atoms with E-state index >= 15 is 0 Å². The maximum Gasteiger partial charge on any atom is 0.408 e. The minimum atomic E-state index is -0.949. The molecule has 3 atom stereocenters. The van der Waals surface area contributed by atoms with Crippen LogP contribution in [0.5, 0.6) is 0 Å². The van der Waals surface area contributed by atoms with Crippen LogP contribution in [0.2, 0.25) is 0 Å². The Morgan fingerprint density at radius 3 is 2.21 bits per heavy atom. The van der Waals surface area contributed by atoms with E-state index in [1.165, 1.54) is 0 Å². The lowest BCUT2D eigenvalue weighted by atomic mass is 9.93.